The van der Waals surface area contributed by atoms with Crippen LogP contribution in [0.25, 0.3) is 11.8 Å². The Bertz CT molecular complexity index is 973. The van der Waals surface area contributed by atoms with Gasteiger partial charge < -0.3 is 9.15 Å². The maximum absolute atomic E-state index is 13.6. The lowest BCUT2D eigenvalue weighted by Gasteiger charge is -2.09. The molecule has 132 valence electrons. The molecular weight excluding hydrogens is 340 g/mol. The van der Waals surface area contributed by atoms with Crippen molar-refractivity contribution < 1.29 is 22.7 Å². The predicted octanol–water partition coefficient (Wildman–Crippen LogP) is 4.92. The largest absolute Gasteiger partial charge is 0.442 e. The molecule has 0 fully saturated rings. The van der Waals surface area contributed by atoms with Crippen molar-refractivity contribution in [1.82, 2.24) is 4.98 Å². The summed E-state index contributed by atoms with van der Waals surface area (Å²) in [5.74, 6) is -0.956. The minimum absolute atomic E-state index is 0.0343. The Morgan fingerprint density at radius 2 is 1.65 bits per heavy atom. The number of hydrogen-bond acceptors (Lipinski definition) is 4. The van der Waals surface area contributed by atoms with Crippen LogP contribution in [0.2, 0.25) is 0 Å². The molecule has 0 aliphatic heterocycles. The van der Waals surface area contributed by atoms with Crippen LogP contribution >= 0.6 is 0 Å². The van der Waals surface area contributed by atoms with Crippen molar-refractivity contribution in [1.29, 1.82) is 0 Å². The van der Waals surface area contributed by atoms with E-state index < -0.39 is 17.6 Å². The van der Waals surface area contributed by atoms with Gasteiger partial charge in [0.2, 0.25) is 5.89 Å². The number of ether oxygens (including phenoxy) is 1. The van der Waals surface area contributed by atoms with Crippen LogP contribution in [-0.2, 0) is 4.74 Å². The summed E-state index contributed by atoms with van der Waals surface area (Å²) in [5.41, 5.74) is 1.04. The first kappa shape index (κ1) is 17.5. The Labute approximate surface area is 148 Å². The standard InChI is InChI=1S/C20H15F2NO3/c1-12-13(2)25-19(23-12)11-18(14-5-3-7-16(21)9-14)26-20(24)15-6-4-8-17(22)10-15/h3-11H,1-2H3/b18-11-. The summed E-state index contributed by atoms with van der Waals surface area (Å²) in [5, 5.41) is 0. The molecule has 0 saturated carbocycles. The van der Waals surface area contributed by atoms with E-state index in [-0.39, 0.29) is 17.2 Å². The lowest BCUT2D eigenvalue weighted by Crippen LogP contribution is -2.05. The number of benzene rings is 2. The zero-order valence-electron chi connectivity index (χ0n) is 14.1. The molecule has 0 saturated heterocycles. The van der Waals surface area contributed by atoms with Crippen LogP contribution in [-0.4, -0.2) is 11.0 Å². The highest BCUT2D eigenvalue weighted by molar-refractivity contribution is 5.94. The number of aromatic nitrogens is 1. The second-order valence-electron chi connectivity index (χ2n) is 5.61. The van der Waals surface area contributed by atoms with Gasteiger partial charge >= 0.3 is 5.97 Å². The molecular formula is C20H15F2NO3. The van der Waals surface area contributed by atoms with Crippen molar-refractivity contribution in [3.8, 4) is 0 Å². The van der Waals surface area contributed by atoms with Gasteiger partial charge in [-0.1, -0.05) is 18.2 Å². The molecule has 0 N–H and O–H groups in total. The van der Waals surface area contributed by atoms with Crippen molar-refractivity contribution in [3.63, 3.8) is 0 Å². The fourth-order valence-corrected chi connectivity index (χ4v) is 2.26. The monoisotopic (exact) mass is 355 g/mol. The zero-order chi connectivity index (χ0) is 18.7. The molecule has 3 aromatic rings. The number of nitrogens with zero attached hydrogens (tertiary/aromatic N) is 1. The van der Waals surface area contributed by atoms with Gasteiger partial charge in [0, 0.05) is 11.6 Å². The Hall–Kier alpha value is -3.28. The molecule has 0 unspecified atom stereocenters. The van der Waals surface area contributed by atoms with Crippen LogP contribution in [0.3, 0.4) is 0 Å². The number of aryl methyl sites for hydroxylation is 2. The first-order valence-corrected chi connectivity index (χ1v) is 7.82. The van der Waals surface area contributed by atoms with Crippen LogP contribution in [0.5, 0.6) is 0 Å². The first-order valence-electron chi connectivity index (χ1n) is 7.82. The quantitative estimate of drug-likeness (QED) is 0.492. The van der Waals surface area contributed by atoms with Crippen molar-refractivity contribution in [2.45, 2.75) is 13.8 Å². The van der Waals surface area contributed by atoms with Crippen molar-refractivity contribution in [3.05, 3.63) is 88.6 Å². The van der Waals surface area contributed by atoms with Gasteiger partial charge in [-0.05, 0) is 44.2 Å². The number of carbonyl (C=O) groups is 1. The molecule has 26 heavy (non-hydrogen) atoms. The van der Waals surface area contributed by atoms with Gasteiger partial charge in [-0.3, -0.25) is 0 Å². The van der Waals surface area contributed by atoms with E-state index in [1.54, 1.807) is 19.9 Å². The van der Waals surface area contributed by atoms with E-state index in [0.717, 1.165) is 6.07 Å². The van der Waals surface area contributed by atoms with Crippen molar-refractivity contribution >= 4 is 17.8 Å². The molecule has 0 bridgehead atoms. The zero-order valence-corrected chi connectivity index (χ0v) is 14.1. The van der Waals surface area contributed by atoms with E-state index in [0.29, 0.717) is 17.0 Å². The van der Waals surface area contributed by atoms with Crippen LogP contribution in [0, 0.1) is 25.5 Å². The molecule has 0 spiro atoms. The summed E-state index contributed by atoms with van der Waals surface area (Å²) >= 11 is 0. The lowest BCUT2D eigenvalue weighted by molar-refractivity contribution is 0.0693. The second kappa shape index (κ2) is 7.31. The molecule has 0 atom stereocenters. The molecule has 0 aliphatic rings. The maximum atomic E-state index is 13.6. The molecule has 1 heterocycles. The summed E-state index contributed by atoms with van der Waals surface area (Å²) in [6, 6.07) is 10.7. The van der Waals surface area contributed by atoms with E-state index in [2.05, 4.69) is 4.98 Å². The smallest absolute Gasteiger partial charge is 0.343 e. The predicted molar refractivity (Wildman–Crippen MR) is 92.1 cm³/mol. The third-order valence-corrected chi connectivity index (χ3v) is 3.67. The third kappa shape index (κ3) is 4.03. The minimum Gasteiger partial charge on any atom is -0.442 e. The van der Waals surface area contributed by atoms with Gasteiger partial charge in [-0.15, -0.1) is 0 Å². The van der Waals surface area contributed by atoms with E-state index in [1.807, 2.05) is 0 Å². The van der Waals surface area contributed by atoms with E-state index in [9.17, 15) is 13.6 Å². The van der Waals surface area contributed by atoms with Crippen molar-refractivity contribution in [2.75, 3.05) is 0 Å². The summed E-state index contributed by atoms with van der Waals surface area (Å²) in [6.45, 7) is 3.52. The molecule has 0 aliphatic carbocycles. The number of rotatable bonds is 4. The van der Waals surface area contributed by atoms with Gasteiger partial charge in [0.15, 0.2) is 0 Å². The minimum atomic E-state index is -0.778. The van der Waals surface area contributed by atoms with Crippen LogP contribution in [0.4, 0.5) is 8.78 Å². The molecule has 0 radical (unpaired) electrons. The SMILES string of the molecule is Cc1nc(/C=C(\OC(=O)c2cccc(F)c2)c2cccc(F)c2)oc1C. The lowest BCUT2D eigenvalue weighted by atomic mass is 10.1. The molecule has 3 rings (SSSR count). The highest BCUT2D eigenvalue weighted by Crippen LogP contribution is 2.23. The maximum Gasteiger partial charge on any atom is 0.343 e. The van der Waals surface area contributed by atoms with Crippen LogP contribution < -0.4 is 0 Å². The van der Waals surface area contributed by atoms with E-state index >= 15 is 0 Å². The normalized spacial score (nSPS) is 11.5. The fraction of sp³-hybridized carbons (Fsp3) is 0.100. The summed E-state index contributed by atoms with van der Waals surface area (Å²) < 4.78 is 37.8. The first-order chi connectivity index (χ1) is 12.4. The Balaban J connectivity index is 1.99. The fourth-order valence-electron chi connectivity index (χ4n) is 2.26. The van der Waals surface area contributed by atoms with Gasteiger partial charge in [-0.25, -0.2) is 18.6 Å². The average molecular weight is 355 g/mol. The number of esters is 1. The van der Waals surface area contributed by atoms with Gasteiger partial charge in [0.25, 0.3) is 0 Å². The number of carbonyl (C=O) groups excluding carboxylic acids is 1. The summed E-state index contributed by atoms with van der Waals surface area (Å²) in [4.78, 5) is 16.6. The van der Waals surface area contributed by atoms with Crippen molar-refractivity contribution in [2.24, 2.45) is 0 Å². The number of oxazole rings is 1. The summed E-state index contributed by atoms with van der Waals surface area (Å²) in [7, 11) is 0. The van der Waals surface area contributed by atoms with Gasteiger partial charge in [-0.2, -0.15) is 0 Å². The molecule has 0 amide bonds. The third-order valence-electron chi connectivity index (χ3n) is 3.67. The molecule has 6 heteroatoms. The topological polar surface area (TPSA) is 52.3 Å². The second-order valence-corrected chi connectivity index (χ2v) is 5.61. The molecule has 1 aromatic heterocycles. The van der Waals surface area contributed by atoms with Gasteiger partial charge in [0.1, 0.15) is 23.2 Å². The van der Waals surface area contributed by atoms with Crippen LogP contribution in [0.15, 0.2) is 52.9 Å². The molecule has 2 aromatic carbocycles. The van der Waals surface area contributed by atoms with E-state index in [1.165, 1.54) is 42.5 Å². The Morgan fingerprint density at radius 1 is 1.04 bits per heavy atom. The van der Waals surface area contributed by atoms with Crippen LogP contribution in [0.1, 0.15) is 33.3 Å². The highest BCUT2D eigenvalue weighted by Gasteiger charge is 2.15. The summed E-state index contributed by atoms with van der Waals surface area (Å²) in [6.07, 6.45) is 1.39. The Kier molecular flexibility index (Phi) is 4.93. The average Bonchev–Trinajstić information content (AvgIpc) is 2.92. The Morgan fingerprint density at radius 3 is 2.23 bits per heavy atom. The van der Waals surface area contributed by atoms with Gasteiger partial charge in [0.05, 0.1) is 11.3 Å². The van der Waals surface area contributed by atoms with E-state index in [4.69, 9.17) is 9.15 Å². The molecule has 4 nitrogen and oxygen atoms in total. The number of hydrogen-bond donors (Lipinski definition) is 0. The highest BCUT2D eigenvalue weighted by atomic mass is 19.1. The number of halogens is 2.